The molecule has 3 atom stereocenters. The summed E-state index contributed by atoms with van der Waals surface area (Å²) in [6, 6.07) is 0.0402. The van der Waals surface area contributed by atoms with Crippen LogP contribution in [0.3, 0.4) is 0 Å². The van der Waals surface area contributed by atoms with Crippen molar-refractivity contribution in [2.24, 2.45) is 5.41 Å². The molecule has 3 N–H and O–H groups in total. The van der Waals surface area contributed by atoms with E-state index in [0.717, 1.165) is 13.0 Å². The quantitative estimate of drug-likeness (QED) is 0.634. The van der Waals surface area contributed by atoms with Gasteiger partial charge >= 0.3 is 6.03 Å². The van der Waals surface area contributed by atoms with Crippen LogP contribution in [0, 0.1) is 5.41 Å². The van der Waals surface area contributed by atoms with E-state index < -0.39 is 0 Å². The van der Waals surface area contributed by atoms with Crippen molar-refractivity contribution in [3.8, 4) is 0 Å². The van der Waals surface area contributed by atoms with E-state index in [2.05, 4.69) is 10.6 Å². The van der Waals surface area contributed by atoms with Crippen molar-refractivity contribution < 1.29 is 14.6 Å². The van der Waals surface area contributed by atoms with Crippen LogP contribution in [0.15, 0.2) is 0 Å². The summed E-state index contributed by atoms with van der Waals surface area (Å²) in [4.78, 5) is 11.6. The van der Waals surface area contributed by atoms with Crippen LogP contribution < -0.4 is 10.6 Å². The van der Waals surface area contributed by atoms with E-state index >= 15 is 0 Å². The molecule has 2 rings (SSSR count). The molecule has 1 saturated carbocycles. The molecule has 0 aromatic carbocycles. The van der Waals surface area contributed by atoms with Crippen LogP contribution in [-0.2, 0) is 4.74 Å². The summed E-state index contributed by atoms with van der Waals surface area (Å²) in [5.74, 6) is 0. The van der Waals surface area contributed by atoms with E-state index in [9.17, 15) is 9.90 Å². The van der Waals surface area contributed by atoms with Crippen LogP contribution in [0.4, 0.5) is 4.79 Å². The van der Waals surface area contributed by atoms with Crippen LogP contribution >= 0.6 is 0 Å². The molecule has 1 aliphatic carbocycles. The molecule has 92 valence electrons. The molecule has 2 amide bonds. The monoisotopic (exact) mass is 228 g/mol. The van der Waals surface area contributed by atoms with Crippen molar-refractivity contribution >= 4 is 6.03 Å². The second-order valence-corrected chi connectivity index (χ2v) is 5.30. The predicted octanol–water partition coefficient (Wildman–Crippen LogP) is 0.234. The van der Waals surface area contributed by atoms with Gasteiger partial charge in [0.25, 0.3) is 0 Å². The van der Waals surface area contributed by atoms with Crippen LogP contribution in [0.2, 0.25) is 0 Å². The molecule has 0 bridgehead atoms. The number of aliphatic hydroxyl groups excluding tert-OH is 1. The fourth-order valence-electron chi connectivity index (χ4n) is 2.18. The van der Waals surface area contributed by atoms with E-state index in [1.165, 1.54) is 0 Å². The van der Waals surface area contributed by atoms with Gasteiger partial charge in [-0.3, -0.25) is 0 Å². The van der Waals surface area contributed by atoms with Gasteiger partial charge in [-0.2, -0.15) is 0 Å². The number of urea groups is 1. The third kappa shape index (κ3) is 2.15. The third-order valence-electron chi connectivity index (χ3n) is 3.79. The molecule has 2 fully saturated rings. The Morgan fingerprint density at radius 1 is 1.44 bits per heavy atom. The summed E-state index contributed by atoms with van der Waals surface area (Å²) in [5.41, 5.74) is -0.219. The lowest BCUT2D eigenvalue weighted by Crippen LogP contribution is -2.63. The van der Waals surface area contributed by atoms with Gasteiger partial charge in [-0.05, 0) is 12.8 Å². The SMILES string of the molecule is CC1(C)C(O)CC1NC(=O)NC1CCOC1. The summed E-state index contributed by atoms with van der Waals surface area (Å²) in [6.07, 6.45) is 1.21. The van der Waals surface area contributed by atoms with Gasteiger partial charge in [-0.25, -0.2) is 4.79 Å². The largest absolute Gasteiger partial charge is 0.392 e. The number of carbonyl (C=O) groups excluding carboxylic acids is 1. The van der Waals surface area contributed by atoms with Gasteiger partial charge in [-0.1, -0.05) is 13.8 Å². The zero-order chi connectivity index (χ0) is 11.8. The lowest BCUT2D eigenvalue weighted by atomic mass is 9.65. The van der Waals surface area contributed by atoms with Gasteiger partial charge in [-0.15, -0.1) is 0 Å². The Morgan fingerprint density at radius 3 is 2.69 bits per heavy atom. The van der Waals surface area contributed by atoms with Gasteiger partial charge in [0, 0.05) is 18.1 Å². The fourth-order valence-corrected chi connectivity index (χ4v) is 2.18. The van der Waals surface area contributed by atoms with Crippen molar-refractivity contribution in [3.63, 3.8) is 0 Å². The standard InChI is InChI=1S/C11H20N2O3/c1-11(2)8(5-9(11)14)13-10(15)12-7-3-4-16-6-7/h7-9,14H,3-6H2,1-2H3,(H2,12,13,15). The zero-order valence-electron chi connectivity index (χ0n) is 9.82. The Bertz CT molecular complexity index is 274. The highest BCUT2D eigenvalue weighted by Gasteiger charge is 2.48. The minimum absolute atomic E-state index is 0.0600. The Balaban J connectivity index is 1.75. The summed E-state index contributed by atoms with van der Waals surface area (Å²) in [7, 11) is 0. The zero-order valence-corrected chi connectivity index (χ0v) is 9.82. The lowest BCUT2D eigenvalue weighted by Gasteiger charge is -2.49. The topological polar surface area (TPSA) is 70.6 Å². The molecule has 5 nitrogen and oxygen atoms in total. The normalized spacial score (nSPS) is 36.6. The number of ether oxygens (including phenoxy) is 1. The van der Waals surface area contributed by atoms with E-state index in [4.69, 9.17) is 4.74 Å². The van der Waals surface area contributed by atoms with Gasteiger partial charge in [0.05, 0.1) is 18.8 Å². The van der Waals surface area contributed by atoms with Gasteiger partial charge in [0.2, 0.25) is 0 Å². The molecule has 0 spiro atoms. The second kappa shape index (κ2) is 4.22. The number of nitrogens with one attached hydrogen (secondary N) is 2. The van der Waals surface area contributed by atoms with E-state index in [-0.39, 0.29) is 29.6 Å². The minimum Gasteiger partial charge on any atom is -0.392 e. The van der Waals surface area contributed by atoms with Crippen LogP contribution in [0.5, 0.6) is 0 Å². The summed E-state index contributed by atoms with van der Waals surface area (Å²) in [5, 5.41) is 15.3. The fraction of sp³-hybridized carbons (Fsp3) is 0.909. The lowest BCUT2D eigenvalue weighted by molar-refractivity contribution is -0.0679. The summed E-state index contributed by atoms with van der Waals surface area (Å²) in [6.45, 7) is 5.25. The molecule has 2 aliphatic rings. The first-order valence-electron chi connectivity index (χ1n) is 5.83. The van der Waals surface area contributed by atoms with Crippen LogP contribution in [0.1, 0.15) is 26.7 Å². The van der Waals surface area contributed by atoms with Crippen molar-refractivity contribution in [3.05, 3.63) is 0 Å². The first kappa shape index (κ1) is 11.7. The highest BCUT2D eigenvalue weighted by molar-refractivity contribution is 5.74. The summed E-state index contributed by atoms with van der Waals surface area (Å²) >= 11 is 0. The third-order valence-corrected chi connectivity index (χ3v) is 3.79. The number of hydrogen-bond donors (Lipinski definition) is 3. The Kier molecular flexibility index (Phi) is 3.08. The van der Waals surface area contributed by atoms with Crippen molar-refractivity contribution in [1.29, 1.82) is 0 Å². The number of hydrogen-bond acceptors (Lipinski definition) is 3. The molecule has 16 heavy (non-hydrogen) atoms. The van der Waals surface area contributed by atoms with Crippen LogP contribution in [-0.4, -0.2) is 42.5 Å². The molecule has 0 radical (unpaired) electrons. The molecule has 3 unspecified atom stereocenters. The highest BCUT2D eigenvalue weighted by atomic mass is 16.5. The maximum Gasteiger partial charge on any atom is 0.315 e. The van der Waals surface area contributed by atoms with E-state index in [1.807, 2.05) is 13.8 Å². The van der Waals surface area contributed by atoms with Crippen molar-refractivity contribution in [2.75, 3.05) is 13.2 Å². The number of aliphatic hydroxyl groups is 1. The first-order valence-corrected chi connectivity index (χ1v) is 5.83. The number of rotatable bonds is 2. The second-order valence-electron chi connectivity index (χ2n) is 5.30. The molecule has 0 aromatic heterocycles. The molecular weight excluding hydrogens is 208 g/mol. The molecule has 1 aliphatic heterocycles. The highest BCUT2D eigenvalue weighted by Crippen LogP contribution is 2.40. The summed E-state index contributed by atoms with van der Waals surface area (Å²) < 4.78 is 5.18. The van der Waals surface area contributed by atoms with E-state index in [0.29, 0.717) is 13.0 Å². The molecule has 1 saturated heterocycles. The Morgan fingerprint density at radius 2 is 2.19 bits per heavy atom. The Labute approximate surface area is 95.5 Å². The average Bonchev–Trinajstić information content (AvgIpc) is 2.70. The minimum atomic E-state index is -0.312. The van der Waals surface area contributed by atoms with Gasteiger partial charge < -0.3 is 20.5 Å². The molecular formula is C11H20N2O3. The maximum atomic E-state index is 11.6. The van der Waals surface area contributed by atoms with Gasteiger partial charge in [0.15, 0.2) is 0 Å². The smallest absolute Gasteiger partial charge is 0.315 e. The van der Waals surface area contributed by atoms with Crippen molar-refractivity contribution in [1.82, 2.24) is 10.6 Å². The number of carbonyl (C=O) groups is 1. The van der Waals surface area contributed by atoms with Crippen molar-refractivity contribution in [2.45, 2.75) is 44.9 Å². The molecule has 5 heteroatoms. The molecule has 0 aromatic rings. The van der Waals surface area contributed by atoms with E-state index in [1.54, 1.807) is 0 Å². The average molecular weight is 228 g/mol. The first-order chi connectivity index (χ1) is 7.50. The van der Waals surface area contributed by atoms with Crippen LogP contribution in [0.25, 0.3) is 0 Å². The van der Waals surface area contributed by atoms with Gasteiger partial charge in [0.1, 0.15) is 0 Å². The number of amides is 2. The maximum absolute atomic E-state index is 11.6. The predicted molar refractivity (Wildman–Crippen MR) is 59.1 cm³/mol. The molecule has 1 heterocycles. The Hall–Kier alpha value is -0.810.